The van der Waals surface area contributed by atoms with E-state index in [-0.39, 0.29) is 11.8 Å². The zero-order valence-corrected chi connectivity index (χ0v) is 19.4. The lowest BCUT2D eigenvalue weighted by molar-refractivity contribution is -0.145. The molecule has 1 fully saturated rings. The maximum atomic E-state index is 13.7. The molecular weight excluding hydrogens is 420 g/mol. The van der Waals surface area contributed by atoms with E-state index in [4.69, 9.17) is 4.74 Å². The van der Waals surface area contributed by atoms with Crippen molar-refractivity contribution in [2.75, 3.05) is 62.7 Å². The second kappa shape index (κ2) is 10.7. The highest BCUT2D eigenvalue weighted by Crippen LogP contribution is 2.24. The fraction of sp³-hybridized carbons (Fsp3) is 0.500. The number of nitrogens with zero attached hydrogens (tertiary/aromatic N) is 6. The monoisotopic (exact) mass is 452 g/mol. The number of rotatable bonds is 2. The van der Waals surface area contributed by atoms with Gasteiger partial charge in [-0.25, -0.2) is 9.97 Å². The zero-order valence-electron chi connectivity index (χ0n) is 19.4. The number of likely N-dealkylation sites (N-methyl/N-ethyl adjacent to an activating group) is 1. The zero-order chi connectivity index (χ0) is 23.2. The number of para-hydroxylation sites is 1. The van der Waals surface area contributed by atoms with Gasteiger partial charge in [0.2, 0.25) is 5.91 Å². The first kappa shape index (κ1) is 23.1. The van der Waals surface area contributed by atoms with Crippen LogP contribution in [-0.4, -0.2) is 90.6 Å². The SMILES string of the molecule is CC(=O)N1CCCN(C)CCN(C(=O)C2CN(c3cncnc3)CCO2)Cc2ccccc21. The number of hydrogen-bond acceptors (Lipinski definition) is 7. The van der Waals surface area contributed by atoms with Crippen molar-refractivity contribution in [3.05, 3.63) is 48.5 Å². The van der Waals surface area contributed by atoms with Gasteiger partial charge in [-0.05, 0) is 31.6 Å². The Balaban J connectivity index is 1.57. The predicted molar refractivity (Wildman–Crippen MR) is 126 cm³/mol. The smallest absolute Gasteiger partial charge is 0.253 e. The van der Waals surface area contributed by atoms with Gasteiger partial charge in [-0.15, -0.1) is 0 Å². The Bertz CT molecular complexity index is 956. The maximum Gasteiger partial charge on any atom is 0.253 e. The molecule has 1 aromatic carbocycles. The van der Waals surface area contributed by atoms with Crippen LogP contribution in [0.3, 0.4) is 0 Å². The molecule has 1 atom stereocenters. The van der Waals surface area contributed by atoms with E-state index in [9.17, 15) is 9.59 Å². The molecule has 1 saturated heterocycles. The summed E-state index contributed by atoms with van der Waals surface area (Å²) in [5.74, 6) is -0.0214. The van der Waals surface area contributed by atoms with Crippen molar-refractivity contribution >= 4 is 23.2 Å². The number of hydrogen-bond donors (Lipinski definition) is 0. The summed E-state index contributed by atoms with van der Waals surface area (Å²) in [5, 5.41) is 0. The van der Waals surface area contributed by atoms with Crippen LogP contribution in [0.15, 0.2) is 43.0 Å². The summed E-state index contributed by atoms with van der Waals surface area (Å²) in [7, 11) is 2.06. The third-order valence-corrected chi connectivity index (χ3v) is 6.26. The average molecular weight is 453 g/mol. The molecule has 0 spiro atoms. The molecule has 176 valence electrons. The van der Waals surface area contributed by atoms with Crippen molar-refractivity contribution in [2.24, 2.45) is 0 Å². The third kappa shape index (κ3) is 5.66. The second-order valence-electron chi connectivity index (χ2n) is 8.62. The first-order chi connectivity index (χ1) is 16.0. The number of benzene rings is 1. The minimum absolute atomic E-state index is 0.0126. The number of fused-ring (bicyclic) bond motifs is 1. The van der Waals surface area contributed by atoms with Crippen LogP contribution in [0.4, 0.5) is 11.4 Å². The molecule has 9 heteroatoms. The van der Waals surface area contributed by atoms with Gasteiger partial charge in [-0.3, -0.25) is 9.59 Å². The van der Waals surface area contributed by atoms with Gasteiger partial charge in [0.15, 0.2) is 6.10 Å². The molecule has 33 heavy (non-hydrogen) atoms. The molecule has 0 radical (unpaired) electrons. The quantitative estimate of drug-likeness (QED) is 0.681. The molecule has 4 rings (SSSR count). The highest BCUT2D eigenvalue weighted by Gasteiger charge is 2.31. The lowest BCUT2D eigenvalue weighted by atomic mass is 10.1. The van der Waals surface area contributed by atoms with Crippen molar-refractivity contribution in [1.82, 2.24) is 19.8 Å². The Morgan fingerprint density at radius 3 is 2.61 bits per heavy atom. The molecule has 2 aromatic rings. The van der Waals surface area contributed by atoms with Crippen LogP contribution in [-0.2, 0) is 20.9 Å². The summed E-state index contributed by atoms with van der Waals surface area (Å²) in [4.78, 5) is 42.3. The molecule has 2 aliphatic heterocycles. The molecular formula is C24H32N6O3. The van der Waals surface area contributed by atoms with Crippen LogP contribution < -0.4 is 9.80 Å². The van der Waals surface area contributed by atoms with Gasteiger partial charge in [0.25, 0.3) is 5.91 Å². The Kier molecular flexibility index (Phi) is 7.51. The van der Waals surface area contributed by atoms with Crippen LogP contribution in [0.25, 0.3) is 0 Å². The molecule has 0 bridgehead atoms. The van der Waals surface area contributed by atoms with Gasteiger partial charge < -0.3 is 24.3 Å². The van der Waals surface area contributed by atoms with Crippen LogP contribution in [0.2, 0.25) is 0 Å². The van der Waals surface area contributed by atoms with Crippen molar-refractivity contribution in [2.45, 2.75) is 26.0 Å². The largest absolute Gasteiger partial charge is 0.365 e. The van der Waals surface area contributed by atoms with Crippen molar-refractivity contribution in [3.8, 4) is 0 Å². The molecule has 1 aromatic heterocycles. The topological polar surface area (TPSA) is 82.1 Å². The Morgan fingerprint density at radius 2 is 1.82 bits per heavy atom. The van der Waals surface area contributed by atoms with Gasteiger partial charge in [0, 0.05) is 45.3 Å². The van der Waals surface area contributed by atoms with E-state index in [0.717, 1.165) is 36.4 Å². The van der Waals surface area contributed by atoms with Crippen molar-refractivity contribution in [3.63, 3.8) is 0 Å². The Hall–Kier alpha value is -3.04. The summed E-state index contributed by atoms with van der Waals surface area (Å²) in [6.45, 7) is 6.51. The summed E-state index contributed by atoms with van der Waals surface area (Å²) < 4.78 is 5.92. The normalized spacial score (nSPS) is 20.7. The fourth-order valence-electron chi connectivity index (χ4n) is 4.42. The van der Waals surface area contributed by atoms with Crippen LogP contribution in [0, 0.1) is 0 Å². The molecule has 0 aliphatic carbocycles. The van der Waals surface area contributed by atoms with Gasteiger partial charge >= 0.3 is 0 Å². The number of carbonyl (C=O) groups excluding carboxylic acids is 2. The average Bonchev–Trinajstić information content (AvgIpc) is 2.87. The van der Waals surface area contributed by atoms with E-state index in [1.54, 1.807) is 19.3 Å². The van der Waals surface area contributed by atoms with Gasteiger partial charge in [0.05, 0.1) is 31.2 Å². The predicted octanol–water partition coefficient (Wildman–Crippen LogP) is 1.40. The minimum Gasteiger partial charge on any atom is -0.365 e. The highest BCUT2D eigenvalue weighted by atomic mass is 16.5. The Morgan fingerprint density at radius 1 is 1.03 bits per heavy atom. The van der Waals surface area contributed by atoms with Crippen LogP contribution in [0.1, 0.15) is 18.9 Å². The van der Waals surface area contributed by atoms with Gasteiger partial charge in [0.1, 0.15) is 6.33 Å². The number of ether oxygens (including phenoxy) is 1. The molecule has 0 N–H and O–H groups in total. The number of anilines is 2. The van der Waals surface area contributed by atoms with E-state index in [0.29, 0.717) is 39.3 Å². The van der Waals surface area contributed by atoms with Crippen LogP contribution in [0.5, 0.6) is 0 Å². The molecule has 2 amide bonds. The van der Waals surface area contributed by atoms with E-state index < -0.39 is 6.10 Å². The summed E-state index contributed by atoms with van der Waals surface area (Å²) in [6.07, 6.45) is 5.33. The summed E-state index contributed by atoms with van der Waals surface area (Å²) in [6, 6.07) is 7.87. The molecule has 0 saturated carbocycles. The Labute approximate surface area is 195 Å². The summed E-state index contributed by atoms with van der Waals surface area (Å²) >= 11 is 0. The first-order valence-corrected chi connectivity index (χ1v) is 11.5. The van der Waals surface area contributed by atoms with Crippen molar-refractivity contribution < 1.29 is 14.3 Å². The fourth-order valence-corrected chi connectivity index (χ4v) is 4.42. The molecule has 9 nitrogen and oxygen atoms in total. The number of carbonyl (C=O) groups is 2. The second-order valence-corrected chi connectivity index (χ2v) is 8.62. The van der Waals surface area contributed by atoms with E-state index >= 15 is 0 Å². The molecule has 1 unspecified atom stereocenters. The highest BCUT2D eigenvalue weighted by molar-refractivity contribution is 5.92. The maximum absolute atomic E-state index is 13.7. The molecule has 3 heterocycles. The lowest BCUT2D eigenvalue weighted by Crippen LogP contribution is -2.52. The van der Waals surface area contributed by atoms with E-state index in [1.807, 2.05) is 34.1 Å². The number of morpholine rings is 1. The number of amides is 2. The van der Waals surface area contributed by atoms with Crippen LogP contribution >= 0.6 is 0 Å². The van der Waals surface area contributed by atoms with Gasteiger partial charge in [-0.1, -0.05) is 18.2 Å². The summed E-state index contributed by atoms with van der Waals surface area (Å²) in [5.41, 5.74) is 2.73. The third-order valence-electron chi connectivity index (χ3n) is 6.26. The van der Waals surface area contributed by atoms with Crippen molar-refractivity contribution in [1.29, 1.82) is 0 Å². The number of aromatic nitrogens is 2. The van der Waals surface area contributed by atoms with E-state index in [2.05, 4.69) is 26.8 Å². The molecule has 2 aliphatic rings. The van der Waals surface area contributed by atoms with E-state index in [1.165, 1.54) is 6.33 Å². The van der Waals surface area contributed by atoms with Gasteiger partial charge in [-0.2, -0.15) is 0 Å². The minimum atomic E-state index is -0.564. The standard InChI is InChI=1S/C24H32N6O3/c1-19(31)30-9-5-8-27(2)10-11-29(16-20-6-3-4-7-22(20)30)24(32)23-17-28(12-13-33-23)21-14-25-18-26-15-21/h3-4,6-7,14-15,18,23H,5,8-13,16-17H2,1-2H3. The first-order valence-electron chi connectivity index (χ1n) is 11.5. The lowest BCUT2D eigenvalue weighted by Gasteiger charge is -2.36.